The maximum Gasteiger partial charge on any atom is 0.0722 e. The molecule has 0 aliphatic rings. The Balaban J connectivity index is 1.92. The number of rotatable bonds is 2. The molecule has 0 spiro atoms. The van der Waals surface area contributed by atoms with Crippen molar-refractivity contribution in [2.24, 2.45) is 0 Å². The lowest BCUT2D eigenvalue weighted by Gasteiger charge is -2.07. The molecule has 0 radical (unpaired) electrons. The van der Waals surface area contributed by atoms with Crippen LogP contribution in [0, 0.1) is 0 Å². The third kappa shape index (κ3) is 2.11. The highest BCUT2D eigenvalue weighted by Crippen LogP contribution is 2.21. The minimum absolute atomic E-state index is 0.765. The second kappa shape index (κ2) is 4.37. The molecule has 0 aliphatic heterocycles. The summed E-state index contributed by atoms with van der Waals surface area (Å²) >= 11 is 0. The number of hydrogen-bond donors (Lipinski definition) is 2. The Bertz CT molecular complexity index is 675. The van der Waals surface area contributed by atoms with Gasteiger partial charge in [-0.2, -0.15) is 0 Å². The third-order valence-electron chi connectivity index (χ3n) is 2.81. The zero-order valence-corrected chi connectivity index (χ0v) is 9.80. The van der Waals surface area contributed by atoms with Crippen LogP contribution in [0.3, 0.4) is 0 Å². The predicted octanol–water partition coefficient (Wildman–Crippen LogP) is 3.56. The van der Waals surface area contributed by atoms with Crippen LogP contribution in [0.2, 0.25) is 0 Å². The van der Waals surface area contributed by atoms with Crippen LogP contribution >= 0.6 is 0 Å². The Kier molecular flexibility index (Phi) is 2.57. The smallest absolute Gasteiger partial charge is 0.0722 e. The number of nitrogens with zero attached hydrogens (tertiary/aromatic N) is 1. The fraction of sp³-hybridized carbons (Fsp3) is 0. The van der Waals surface area contributed by atoms with Gasteiger partial charge in [-0.15, -0.1) is 0 Å². The van der Waals surface area contributed by atoms with Crippen molar-refractivity contribution in [2.45, 2.75) is 0 Å². The molecule has 1 heterocycles. The molecule has 3 aromatic rings. The van der Waals surface area contributed by atoms with E-state index >= 15 is 0 Å². The van der Waals surface area contributed by atoms with Gasteiger partial charge in [0, 0.05) is 28.6 Å². The summed E-state index contributed by atoms with van der Waals surface area (Å²) < 4.78 is 0. The molecule has 88 valence electrons. The van der Waals surface area contributed by atoms with E-state index in [-0.39, 0.29) is 0 Å². The summed E-state index contributed by atoms with van der Waals surface area (Å²) in [5, 5.41) is 4.47. The van der Waals surface area contributed by atoms with Gasteiger partial charge in [-0.05, 0) is 42.5 Å². The van der Waals surface area contributed by atoms with Crippen LogP contribution < -0.4 is 11.1 Å². The molecule has 2 aromatic carbocycles. The van der Waals surface area contributed by atoms with Gasteiger partial charge in [0.2, 0.25) is 0 Å². The van der Waals surface area contributed by atoms with Gasteiger partial charge in [-0.3, -0.25) is 4.98 Å². The van der Waals surface area contributed by atoms with Crippen molar-refractivity contribution in [3.8, 4) is 0 Å². The lowest BCUT2D eigenvalue weighted by atomic mass is 10.2. The van der Waals surface area contributed by atoms with Gasteiger partial charge in [0.1, 0.15) is 0 Å². The summed E-state index contributed by atoms with van der Waals surface area (Å²) in [5.41, 5.74) is 9.44. The van der Waals surface area contributed by atoms with Gasteiger partial charge in [0.25, 0.3) is 0 Å². The third-order valence-corrected chi connectivity index (χ3v) is 2.81. The second-order valence-electron chi connectivity index (χ2n) is 4.16. The molecular weight excluding hydrogens is 222 g/mol. The molecule has 0 fully saturated rings. The number of anilines is 3. The summed E-state index contributed by atoms with van der Waals surface area (Å²) in [6.07, 6.45) is 1.80. The van der Waals surface area contributed by atoms with Gasteiger partial charge in [0.05, 0.1) is 5.52 Å². The summed E-state index contributed by atoms with van der Waals surface area (Å²) in [7, 11) is 0. The van der Waals surface area contributed by atoms with E-state index in [0.717, 1.165) is 28.0 Å². The number of aromatic nitrogens is 1. The molecule has 0 unspecified atom stereocenters. The SMILES string of the molecule is Nc1ccc(Nc2ccc3cccnc3c2)cc1. The van der Waals surface area contributed by atoms with Crippen molar-refractivity contribution >= 4 is 28.0 Å². The molecule has 0 saturated carbocycles. The van der Waals surface area contributed by atoms with Gasteiger partial charge in [-0.1, -0.05) is 12.1 Å². The highest BCUT2D eigenvalue weighted by atomic mass is 14.9. The van der Waals surface area contributed by atoms with Crippen LogP contribution in [-0.2, 0) is 0 Å². The van der Waals surface area contributed by atoms with E-state index in [1.54, 1.807) is 6.20 Å². The number of nitrogens with one attached hydrogen (secondary N) is 1. The van der Waals surface area contributed by atoms with Crippen molar-refractivity contribution in [3.05, 3.63) is 60.8 Å². The van der Waals surface area contributed by atoms with E-state index in [0.29, 0.717) is 0 Å². The molecule has 0 atom stereocenters. The molecule has 0 saturated heterocycles. The average Bonchev–Trinajstić information content (AvgIpc) is 2.41. The first-order valence-corrected chi connectivity index (χ1v) is 5.79. The lowest BCUT2D eigenvalue weighted by molar-refractivity contribution is 1.41. The first-order chi connectivity index (χ1) is 8.81. The van der Waals surface area contributed by atoms with Crippen molar-refractivity contribution in [3.63, 3.8) is 0 Å². The summed E-state index contributed by atoms with van der Waals surface area (Å²) in [5.74, 6) is 0. The van der Waals surface area contributed by atoms with Crippen molar-refractivity contribution < 1.29 is 0 Å². The highest BCUT2D eigenvalue weighted by molar-refractivity contribution is 5.83. The summed E-state index contributed by atoms with van der Waals surface area (Å²) in [6, 6.07) is 17.8. The number of fused-ring (bicyclic) bond motifs is 1. The molecule has 3 N–H and O–H groups in total. The minimum atomic E-state index is 0.765. The maximum absolute atomic E-state index is 5.66. The van der Waals surface area contributed by atoms with E-state index < -0.39 is 0 Å². The number of hydrogen-bond acceptors (Lipinski definition) is 3. The van der Waals surface area contributed by atoms with Crippen molar-refractivity contribution in [1.29, 1.82) is 0 Å². The van der Waals surface area contributed by atoms with E-state index in [1.165, 1.54) is 0 Å². The zero-order chi connectivity index (χ0) is 12.4. The molecule has 1 aromatic heterocycles. The number of nitrogen functional groups attached to an aromatic ring is 1. The monoisotopic (exact) mass is 235 g/mol. The van der Waals surface area contributed by atoms with Crippen LogP contribution in [0.15, 0.2) is 60.8 Å². The van der Waals surface area contributed by atoms with Gasteiger partial charge in [0.15, 0.2) is 0 Å². The Hall–Kier alpha value is -2.55. The van der Waals surface area contributed by atoms with Crippen LogP contribution in [0.4, 0.5) is 17.1 Å². The minimum Gasteiger partial charge on any atom is -0.399 e. The summed E-state index contributed by atoms with van der Waals surface area (Å²) in [6.45, 7) is 0. The largest absolute Gasteiger partial charge is 0.399 e. The Morgan fingerprint density at radius 3 is 2.50 bits per heavy atom. The standard InChI is InChI=1S/C15H13N3/c16-12-4-7-13(8-5-12)18-14-6-3-11-2-1-9-17-15(11)10-14/h1-10,18H,16H2. The highest BCUT2D eigenvalue weighted by Gasteiger charge is 1.97. The first kappa shape index (κ1) is 10.6. The van der Waals surface area contributed by atoms with E-state index in [2.05, 4.69) is 22.4 Å². The van der Waals surface area contributed by atoms with Gasteiger partial charge < -0.3 is 11.1 Å². The van der Waals surface area contributed by atoms with Crippen LogP contribution in [0.5, 0.6) is 0 Å². The predicted molar refractivity (Wildman–Crippen MR) is 75.9 cm³/mol. The number of nitrogens with two attached hydrogens (primary N) is 1. The van der Waals surface area contributed by atoms with Crippen molar-refractivity contribution in [2.75, 3.05) is 11.1 Å². The lowest BCUT2D eigenvalue weighted by Crippen LogP contribution is -1.91. The van der Waals surface area contributed by atoms with Crippen LogP contribution in [-0.4, -0.2) is 4.98 Å². The first-order valence-electron chi connectivity index (χ1n) is 5.79. The average molecular weight is 235 g/mol. The molecule has 0 aliphatic carbocycles. The summed E-state index contributed by atoms with van der Waals surface area (Å²) in [4.78, 5) is 4.34. The molecule has 3 nitrogen and oxygen atoms in total. The molecule has 3 heteroatoms. The fourth-order valence-electron chi connectivity index (χ4n) is 1.88. The normalized spacial score (nSPS) is 10.4. The molecule has 3 rings (SSSR count). The Labute approximate surface area is 105 Å². The molecule has 0 bridgehead atoms. The number of pyridine rings is 1. The maximum atomic E-state index is 5.66. The topological polar surface area (TPSA) is 50.9 Å². The zero-order valence-electron chi connectivity index (χ0n) is 9.80. The quantitative estimate of drug-likeness (QED) is 0.668. The van der Waals surface area contributed by atoms with E-state index in [1.807, 2.05) is 42.5 Å². The van der Waals surface area contributed by atoms with Gasteiger partial charge >= 0.3 is 0 Å². The number of benzene rings is 2. The van der Waals surface area contributed by atoms with E-state index in [9.17, 15) is 0 Å². The Morgan fingerprint density at radius 1 is 0.889 bits per heavy atom. The van der Waals surface area contributed by atoms with Crippen LogP contribution in [0.1, 0.15) is 0 Å². The second-order valence-corrected chi connectivity index (χ2v) is 4.16. The van der Waals surface area contributed by atoms with Gasteiger partial charge in [-0.25, -0.2) is 0 Å². The Morgan fingerprint density at radius 2 is 1.67 bits per heavy atom. The fourth-order valence-corrected chi connectivity index (χ4v) is 1.88. The van der Waals surface area contributed by atoms with E-state index in [4.69, 9.17) is 5.73 Å². The molecular formula is C15H13N3. The molecule has 0 amide bonds. The van der Waals surface area contributed by atoms with Crippen LogP contribution in [0.25, 0.3) is 10.9 Å². The molecule has 18 heavy (non-hydrogen) atoms. The van der Waals surface area contributed by atoms with Crippen molar-refractivity contribution in [1.82, 2.24) is 4.98 Å².